The van der Waals surface area contributed by atoms with E-state index >= 15 is 0 Å². The van der Waals surface area contributed by atoms with Crippen molar-refractivity contribution in [2.24, 2.45) is 5.92 Å². The van der Waals surface area contributed by atoms with Gasteiger partial charge in [-0.3, -0.25) is 4.79 Å². The summed E-state index contributed by atoms with van der Waals surface area (Å²) in [7, 11) is 0. The third-order valence-corrected chi connectivity index (χ3v) is 2.71. The number of hydrogen-bond donors (Lipinski definition) is 0. The lowest BCUT2D eigenvalue weighted by atomic mass is 9.89. The molecule has 0 bridgehead atoms. The Bertz CT molecular complexity index is 159. The van der Waals surface area contributed by atoms with E-state index in [1.54, 1.807) is 0 Å². The zero-order valence-corrected chi connectivity index (χ0v) is 8.58. The molecule has 1 radical (unpaired) electrons. The summed E-state index contributed by atoms with van der Waals surface area (Å²) in [5, 5.41) is 0. The van der Waals surface area contributed by atoms with Gasteiger partial charge in [-0.15, -0.1) is 0 Å². The van der Waals surface area contributed by atoms with Gasteiger partial charge in [0.2, 0.25) is 0 Å². The number of ether oxygens (including phenoxy) is 1. The van der Waals surface area contributed by atoms with Gasteiger partial charge in [0.05, 0.1) is 5.92 Å². The summed E-state index contributed by atoms with van der Waals surface area (Å²) >= 11 is 0. The number of hydrogen-bond acceptors (Lipinski definition) is 2. The van der Waals surface area contributed by atoms with E-state index in [2.05, 4.69) is 0 Å². The first kappa shape index (κ1) is 10.6. The fourth-order valence-electron chi connectivity index (χ4n) is 1.69. The number of carbonyl (C=O) groups is 1. The molecule has 13 heavy (non-hydrogen) atoms. The summed E-state index contributed by atoms with van der Waals surface area (Å²) in [5.74, 6) is 0.182. The maximum Gasteiger partial charge on any atom is 0.309 e. The minimum atomic E-state index is -0.0329. The molecule has 1 atom stereocenters. The molecule has 1 rings (SSSR count). The smallest absolute Gasteiger partial charge is 0.309 e. The highest BCUT2D eigenvalue weighted by molar-refractivity contribution is 5.72. The highest BCUT2D eigenvalue weighted by Crippen LogP contribution is 2.25. The highest BCUT2D eigenvalue weighted by Gasteiger charge is 2.23. The molecular weight excluding hydrogens is 164 g/mol. The molecule has 0 heterocycles. The number of rotatable bonds is 3. The zero-order chi connectivity index (χ0) is 9.68. The fraction of sp³-hybridized carbons (Fsp3) is 0.818. The molecule has 2 heteroatoms. The van der Waals surface area contributed by atoms with Crippen molar-refractivity contribution in [1.82, 2.24) is 0 Å². The lowest BCUT2D eigenvalue weighted by Crippen LogP contribution is -2.24. The van der Waals surface area contributed by atoms with Gasteiger partial charge in [0.15, 0.2) is 0 Å². The van der Waals surface area contributed by atoms with Gasteiger partial charge in [-0.1, -0.05) is 26.2 Å². The summed E-state index contributed by atoms with van der Waals surface area (Å²) in [5.41, 5.74) is 0. The zero-order valence-electron chi connectivity index (χ0n) is 8.58. The molecule has 1 aliphatic carbocycles. The SMILES string of the molecule is C[CH][C@H](C)OC(=O)C1CCCCC1. The van der Waals surface area contributed by atoms with Crippen LogP contribution >= 0.6 is 0 Å². The van der Waals surface area contributed by atoms with E-state index in [1.165, 1.54) is 19.3 Å². The van der Waals surface area contributed by atoms with Gasteiger partial charge < -0.3 is 4.74 Å². The fourth-order valence-corrected chi connectivity index (χ4v) is 1.69. The molecule has 75 valence electrons. The van der Waals surface area contributed by atoms with E-state index in [0.29, 0.717) is 0 Å². The van der Waals surface area contributed by atoms with Crippen LogP contribution in [0.2, 0.25) is 0 Å². The molecule has 1 fully saturated rings. The second kappa shape index (κ2) is 5.25. The quantitative estimate of drug-likeness (QED) is 0.629. The van der Waals surface area contributed by atoms with Crippen molar-refractivity contribution in [2.45, 2.75) is 52.1 Å². The summed E-state index contributed by atoms with van der Waals surface area (Å²) in [4.78, 5) is 11.5. The molecule has 0 aromatic rings. The van der Waals surface area contributed by atoms with E-state index in [-0.39, 0.29) is 18.0 Å². The van der Waals surface area contributed by atoms with Gasteiger partial charge in [-0.2, -0.15) is 0 Å². The van der Waals surface area contributed by atoms with Crippen molar-refractivity contribution in [3.63, 3.8) is 0 Å². The summed E-state index contributed by atoms with van der Waals surface area (Å²) in [6.07, 6.45) is 7.56. The third kappa shape index (κ3) is 3.37. The largest absolute Gasteiger partial charge is 0.462 e. The van der Waals surface area contributed by atoms with Crippen LogP contribution < -0.4 is 0 Å². The molecule has 1 saturated carbocycles. The Kier molecular flexibility index (Phi) is 4.26. The Morgan fingerprint density at radius 2 is 2.00 bits per heavy atom. The van der Waals surface area contributed by atoms with E-state index in [9.17, 15) is 4.79 Å². The first-order valence-corrected chi connectivity index (χ1v) is 5.24. The van der Waals surface area contributed by atoms with Crippen LogP contribution in [0.5, 0.6) is 0 Å². The maximum absolute atomic E-state index is 11.5. The third-order valence-electron chi connectivity index (χ3n) is 2.71. The number of esters is 1. The first-order chi connectivity index (χ1) is 6.24. The van der Waals surface area contributed by atoms with Gasteiger partial charge in [-0.25, -0.2) is 0 Å². The van der Waals surface area contributed by atoms with Crippen LogP contribution in [0.25, 0.3) is 0 Å². The van der Waals surface area contributed by atoms with Gasteiger partial charge in [0, 0.05) is 0 Å². The Hall–Kier alpha value is -0.530. The molecule has 0 aliphatic heterocycles. The minimum absolute atomic E-state index is 0.00491. The predicted molar refractivity (Wildman–Crippen MR) is 52.1 cm³/mol. The van der Waals surface area contributed by atoms with Crippen molar-refractivity contribution in [3.8, 4) is 0 Å². The second-order valence-electron chi connectivity index (χ2n) is 3.81. The van der Waals surface area contributed by atoms with Gasteiger partial charge >= 0.3 is 5.97 Å². The van der Waals surface area contributed by atoms with Crippen LogP contribution in [-0.2, 0) is 9.53 Å². The van der Waals surface area contributed by atoms with Crippen molar-refractivity contribution in [1.29, 1.82) is 0 Å². The van der Waals surface area contributed by atoms with Crippen LogP contribution in [0, 0.1) is 12.3 Å². The molecule has 1 aliphatic rings. The Balaban J connectivity index is 2.29. The molecule has 0 N–H and O–H groups in total. The molecule has 2 nitrogen and oxygen atoms in total. The average molecular weight is 183 g/mol. The monoisotopic (exact) mass is 183 g/mol. The molecular formula is C11H19O2. The van der Waals surface area contributed by atoms with Crippen LogP contribution in [0.3, 0.4) is 0 Å². The van der Waals surface area contributed by atoms with Crippen molar-refractivity contribution in [2.75, 3.05) is 0 Å². The lowest BCUT2D eigenvalue weighted by molar-refractivity contribution is -0.152. The number of carbonyl (C=O) groups excluding carboxylic acids is 1. The van der Waals surface area contributed by atoms with E-state index in [0.717, 1.165) is 12.8 Å². The molecule has 0 spiro atoms. The van der Waals surface area contributed by atoms with Crippen molar-refractivity contribution >= 4 is 5.97 Å². The van der Waals surface area contributed by atoms with Crippen LogP contribution in [0.15, 0.2) is 0 Å². The Morgan fingerprint density at radius 1 is 1.38 bits per heavy atom. The van der Waals surface area contributed by atoms with E-state index in [1.807, 2.05) is 20.3 Å². The average Bonchev–Trinajstić information content (AvgIpc) is 2.19. The van der Waals surface area contributed by atoms with Gasteiger partial charge in [-0.05, 0) is 26.2 Å². The van der Waals surface area contributed by atoms with E-state index < -0.39 is 0 Å². The second-order valence-corrected chi connectivity index (χ2v) is 3.81. The Labute approximate surface area is 80.7 Å². The van der Waals surface area contributed by atoms with Crippen molar-refractivity contribution in [3.05, 3.63) is 6.42 Å². The van der Waals surface area contributed by atoms with E-state index in [4.69, 9.17) is 4.74 Å². The Morgan fingerprint density at radius 3 is 2.54 bits per heavy atom. The van der Waals surface area contributed by atoms with Gasteiger partial charge in [0.1, 0.15) is 6.10 Å². The molecule has 0 saturated heterocycles. The van der Waals surface area contributed by atoms with Crippen LogP contribution in [-0.4, -0.2) is 12.1 Å². The van der Waals surface area contributed by atoms with Crippen molar-refractivity contribution < 1.29 is 9.53 Å². The normalized spacial score (nSPS) is 21.1. The summed E-state index contributed by atoms with van der Waals surface area (Å²) < 4.78 is 5.24. The topological polar surface area (TPSA) is 26.3 Å². The maximum atomic E-state index is 11.5. The highest BCUT2D eigenvalue weighted by atomic mass is 16.5. The summed E-state index contributed by atoms with van der Waals surface area (Å²) in [6, 6.07) is 0. The summed E-state index contributed by atoms with van der Waals surface area (Å²) in [6.45, 7) is 3.82. The van der Waals surface area contributed by atoms with Crippen LogP contribution in [0.4, 0.5) is 0 Å². The molecule has 0 unspecified atom stereocenters. The first-order valence-electron chi connectivity index (χ1n) is 5.24. The van der Waals surface area contributed by atoms with Gasteiger partial charge in [0.25, 0.3) is 0 Å². The lowest BCUT2D eigenvalue weighted by Gasteiger charge is -2.21. The molecule has 0 amide bonds. The molecule has 0 aromatic carbocycles. The predicted octanol–water partition coefficient (Wildman–Crippen LogP) is 2.72. The minimum Gasteiger partial charge on any atom is -0.462 e. The van der Waals surface area contributed by atoms with Crippen LogP contribution in [0.1, 0.15) is 46.0 Å². The standard InChI is InChI=1S/C11H19O2/c1-3-9(2)13-11(12)10-7-5-4-6-8-10/h3,9-10H,4-8H2,1-2H3/t9-/m0/s1. The molecule has 0 aromatic heterocycles.